The number of carbonyl (C=O) groups excluding carboxylic acids is 2. The summed E-state index contributed by atoms with van der Waals surface area (Å²) in [5.41, 5.74) is 1.28. The van der Waals surface area contributed by atoms with Crippen LogP contribution < -0.4 is 19.1 Å². The molecule has 10 heteroatoms. The Morgan fingerprint density at radius 2 is 1.88 bits per heavy atom. The molecule has 33 heavy (non-hydrogen) atoms. The van der Waals surface area contributed by atoms with E-state index >= 15 is 0 Å². The first-order valence-electron chi connectivity index (χ1n) is 10.2. The minimum absolute atomic E-state index is 0.0637. The second kappa shape index (κ2) is 9.60. The van der Waals surface area contributed by atoms with Gasteiger partial charge >= 0.3 is 5.97 Å². The number of anilines is 1. The summed E-state index contributed by atoms with van der Waals surface area (Å²) in [6.45, 7) is 0.0249. The standard InChI is InChI=1S/C23H23N3O7/c1-29-16-6-4-5-15(10-16)26-12-14(9-21(26)27)23(28)32-13-20-24-22(25-33-20)18-8-7-17(30-2)11-19(18)31-3/h4-8,10-11,14H,9,12-13H2,1-3H3. The van der Waals surface area contributed by atoms with Gasteiger partial charge in [0, 0.05) is 30.8 Å². The number of benzene rings is 2. The lowest BCUT2D eigenvalue weighted by Gasteiger charge is -2.17. The molecule has 0 spiro atoms. The van der Waals surface area contributed by atoms with Crippen LogP contribution in [-0.4, -0.2) is 49.9 Å². The second-order valence-corrected chi connectivity index (χ2v) is 7.29. The van der Waals surface area contributed by atoms with Gasteiger partial charge in [0.05, 0.1) is 32.8 Å². The lowest BCUT2D eigenvalue weighted by molar-refractivity contribution is -0.150. The summed E-state index contributed by atoms with van der Waals surface area (Å²) in [6, 6.07) is 12.3. The average molecular weight is 453 g/mol. The zero-order valence-electron chi connectivity index (χ0n) is 18.4. The molecule has 0 N–H and O–H groups in total. The molecule has 172 valence electrons. The van der Waals surface area contributed by atoms with Gasteiger partial charge in [0.1, 0.15) is 17.2 Å². The normalized spacial score (nSPS) is 15.4. The molecule has 1 saturated heterocycles. The van der Waals surface area contributed by atoms with Gasteiger partial charge in [-0.05, 0) is 24.3 Å². The molecule has 2 heterocycles. The number of methoxy groups -OCH3 is 3. The van der Waals surface area contributed by atoms with Gasteiger partial charge in [-0.3, -0.25) is 9.59 Å². The predicted octanol–water partition coefficient (Wildman–Crippen LogP) is 2.86. The van der Waals surface area contributed by atoms with E-state index in [1.54, 1.807) is 61.6 Å². The smallest absolute Gasteiger partial charge is 0.311 e. The molecule has 4 rings (SSSR count). The van der Waals surface area contributed by atoms with Crippen molar-refractivity contribution in [2.75, 3.05) is 32.8 Å². The first-order chi connectivity index (χ1) is 16.0. The molecular formula is C23H23N3O7. The fourth-order valence-corrected chi connectivity index (χ4v) is 3.55. The van der Waals surface area contributed by atoms with Crippen molar-refractivity contribution in [3.8, 4) is 28.6 Å². The van der Waals surface area contributed by atoms with Crippen LogP contribution in [0.2, 0.25) is 0 Å². The largest absolute Gasteiger partial charge is 0.497 e. The van der Waals surface area contributed by atoms with E-state index in [0.717, 1.165) is 0 Å². The zero-order chi connectivity index (χ0) is 23.4. The number of esters is 1. The van der Waals surface area contributed by atoms with Gasteiger partial charge in [0.15, 0.2) is 6.61 Å². The van der Waals surface area contributed by atoms with E-state index in [9.17, 15) is 9.59 Å². The topological polar surface area (TPSA) is 113 Å². The van der Waals surface area contributed by atoms with E-state index in [1.165, 1.54) is 7.11 Å². The number of ether oxygens (including phenoxy) is 4. The fraction of sp³-hybridized carbons (Fsp3) is 0.304. The molecule has 0 saturated carbocycles. The summed E-state index contributed by atoms with van der Waals surface area (Å²) in [4.78, 5) is 30.8. The zero-order valence-corrected chi connectivity index (χ0v) is 18.4. The highest BCUT2D eigenvalue weighted by Gasteiger charge is 2.36. The van der Waals surface area contributed by atoms with Crippen LogP contribution in [-0.2, 0) is 20.9 Å². The maximum absolute atomic E-state index is 12.6. The van der Waals surface area contributed by atoms with E-state index in [-0.39, 0.29) is 31.4 Å². The molecule has 1 atom stereocenters. The van der Waals surface area contributed by atoms with E-state index in [4.69, 9.17) is 23.5 Å². The number of hydrogen-bond donors (Lipinski definition) is 0. The molecule has 1 aliphatic rings. The van der Waals surface area contributed by atoms with Crippen molar-refractivity contribution in [1.29, 1.82) is 0 Å². The molecule has 0 bridgehead atoms. The van der Waals surface area contributed by atoms with Crippen LogP contribution >= 0.6 is 0 Å². The highest BCUT2D eigenvalue weighted by atomic mass is 16.6. The molecule has 1 aromatic heterocycles. The van der Waals surface area contributed by atoms with Gasteiger partial charge in [-0.15, -0.1) is 0 Å². The van der Waals surface area contributed by atoms with Gasteiger partial charge in [-0.2, -0.15) is 4.98 Å². The second-order valence-electron chi connectivity index (χ2n) is 7.29. The molecule has 3 aromatic rings. The van der Waals surface area contributed by atoms with Crippen LogP contribution in [0.5, 0.6) is 17.2 Å². The lowest BCUT2D eigenvalue weighted by Crippen LogP contribution is -2.26. The quantitative estimate of drug-likeness (QED) is 0.475. The van der Waals surface area contributed by atoms with Crippen LogP contribution in [0.15, 0.2) is 47.0 Å². The van der Waals surface area contributed by atoms with Crippen molar-refractivity contribution < 1.29 is 33.1 Å². The maximum atomic E-state index is 12.6. The Labute approximate surface area is 190 Å². The molecule has 1 amide bonds. The molecular weight excluding hydrogens is 430 g/mol. The van der Waals surface area contributed by atoms with Crippen molar-refractivity contribution >= 4 is 17.6 Å². The van der Waals surface area contributed by atoms with Crippen LogP contribution in [0.3, 0.4) is 0 Å². The van der Waals surface area contributed by atoms with Gasteiger partial charge in [-0.1, -0.05) is 11.2 Å². The first-order valence-corrected chi connectivity index (χ1v) is 10.2. The van der Waals surface area contributed by atoms with Crippen molar-refractivity contribution in [2.24, 2.45) is 5.92 Å². The number of aromatic nitrogens is 2. The third-order valence-corrected chi connectivity index (χ3v) is 5.28. The average Bonchev–Trinajstić information content (AvgIpc) is 3.48. The van der Waals surface area contributed by atoms with Crippen LogP contribution in [0.1, 0.15) is 12.3 Å². The summed E-state index contributed by atoms with van der Waals surface area (Å²) in [7, 11) is 4.64. The first kappa shape index (κ1) is 22.1. The Kier molecular flexibility index (Phi) is 6.43. The van der Waals surface area contributed by atoms with Crippen LogP contribution in [0.4, 0.5) is 5.69 Å². The van der Waals surface area contributed by atoms with Crippen LogP contribution in [0, 0.1) is 5.92 Å². The van der Waals surface area contributed by atoms with Gasteiger partial charge in [0.25, 0.3) is 5.89 Å². The number of nitrogens with zero attached hydrogens (tertiary/aromatic N) is 3. The highest BCUT2D eigenvalue weighted by Crippen LogP contribution is 2.32. The molecule has 1 aliphatic heterocycles. The van der Waals surface area contributed by atoms with Gasteiger partial charge < -0.3 is 28.4 Å². The molecule has 1 unspecified atom stereocenters. The lowest BCUT2D eigenvalue weighted by atomic mass is 10.1. The summed E-state index contributed by atoms with van der Waals surface area (Å²) in [6.07, 6.45) is 0.0637. The number of carbonyl (C=O) groups is 2. The Hall–Kier alpha value is -4.08. The molecule has 0 aliphatic carbocycles. The molecule has 10 nitrogen and oxygen atoms in total. The number of hydrogen-bond acceptors (Lipinski definition) is 9. The van der Waals surface area contributed by atoms with E-state index in [0.29, 0.717) is 34.3 Å². The fourth-order valence-electron chi connectivity index (χ4n) is 3.55. The Morgan fingerprint density at radius 3 is 2.64 bits per heavy atom. The van der Waals surface area contributed by atoms with Crippen LogP contribution in [0.25, 0.3) is 11.4 Å². The summed E-state index contributed by atoms with van der Waals surface area (Å²) < 4.78 is 26.3. The van der Waals surface area contributed by atoms with E-state index in [2.05, 4.69) is 10.1 Å². The minimum Gasteiger partial charge on any atom is -0.497 e. The SMILES string of the molecule is COc1cccc(N2CC(C(=O)OCc3nc(-c4ccc(OC)cc4OC)no3)CC2=O)c1. The highest BCUT2D eigenvalue weighted by molar-refractivity contribution is 5.99. The maximum Gasteiger partial charge on any atom is 0.311 e. The van der Waals surface area contributed by atoms with Gasteiger partial charge in [-0.25, -0.2) is 0 Å². The Balaban J connectivity index is 1.38. The van der Waals surface area contributed by atoms with Crippen molar-refractivity contribution in [3.05, 3.63) is 48.4 Å². The molecule has 0 radical (unpaired) electrons. The minimum atomic E-state index is -0.590. The van der Waals surface area contributed by atoms with Crippen molar-refractivity contribution in [2.45, 2.75) is 13.0 Å². The van der Waals surface area contributed by atoms with Crippen molar-refractivity contribution in [1.82, 2.24) is 10.1 Å². The predicted molar refractivity (Wildman–Crippen MR) is 116 cm³/mol. The molecule has 2 aromatic carbocycles. The number of amides is 1. The number of rotatable bonds is 8. The molecule has 1 fully saturated rings. The van der Waals surface area contributed by atoms with E-state index < -0.39 is 11.9 Å². The van der Waals surface area contributed by atoms with Gasteiger partial charge in [0.2, 0.25) is 11.7 Å². The monoisotopic (exact) mass is 453 g/mol. The Bertz CT molecular complexity index is 1160. The summed E-state index contributed by atoms with van der Waals surface area (Å²) in [5, 5.41) is 3.93. The van der Waals surface area contributed by atoms with Crippen molar-refractivity contribution in [3.63, 3.8) is 0 Å². The van der Waals surface area contributed by atoms with E-state index in [1.807, 2.05) is 0 Å². The summed E-state index contributed by atoms with van der Waals surface area (Å²) >= 11 is 0. The Morgan fingerprint density at radius 1 is 1.09 bits per heavy atom. The third-order valence-electron chi connectivity index (χ3n) is 5.28. The summed E-state index contributed by atoms with van der Waals surface area (Å²) in [5.74, 6) is 0.946. The third kappa shape index (κ3) is 4.74.